The maximum Gasteiger partial charge on any atom is 0.287 e. The van der Waals surface area contributed by atoms with Crippen molar-refractivity contribution in [2.45, 2.75) is 91.3 Å². The van der Waals surface area contributed by atoms with Crippen LogP contribution < -0.4 is 26.8 Å². The zero-order valence-corrected chi connectivity index (χ0v) is 27.7. The number of Topliss-reactive ketones (excluding diaryl/α,β-unsaturated/α-hetero) is 1. The van der Waals surface area contributed by atoms with Crippen LogP contribution in [0.5, 0.6) is 0 Å². The molecular weight excluding hydrogens is 602 g/mol. The van der Waals surface area contributed by atoms with Crippen LogP contribution in [0.1, 0.15) is 81.8 Å². The number of carbonyl (C=O) groups is 5. The lowest BCUT2D eigenvalue weighted by Gasteiger charge is -2.26. The van der Waals surface area contributed by atoms with Gasteiger partial charge in [0, 0.05) is 36.7 Å². The Morgan fingerprint density at radius 1 is 1.09 bits per heavy atom. The number of aryl methyl sites for hydroxylation is 1. The van der Waals surface area contributed by atoms with E-state index in [0.29, 0.717) is 17.1 Å². The van der Waals surface area contributed by atoms with E-state index in [1.165, 1.54) is 29.9 Å². The fraction of sp³-hybridized carbons (Fsp3) is 0.486. The van der Waals surface area contributed by atoms with Gasteiger partial charge >= 0.3 is 0 Å². The van der Waals surface area contributed by atoms with Crippen LogP contribution in [0.4, 0.5) is 5.69 Å². The summed E-state index contributed by atoms with van der Waals surface area (Å²) in [5.41, 5.74) is 0.467. The van der Waals surface area contributed by atoms with Gasteiger partial charge < -0.3 is 30.3 Å². The van der Waals surface area contributed by atoms with E-state index < -0.39 is 35.1 Å². The number of unbranched alkanes of at least 4 members (excludes halogenated alkanes) is 1. The number of hydrogen-bond donors (Lipinski definition) is 4. The summed E-state index contributed by atoms with van der Waals surface area (Å²) in [4.78, 5) is 77.1. The Morgan fingerprint density at radius 2 is 1.83 bits per heavy atom. The van der Waals surface area contributed by atoms with Crippen molar-refractivity contribution in [1.29, 1.82) is 0 Å². The highest BCUT2D eigenvalue weighted by Crippen LogP contribution is 2.45. The highest BCUT2D eigenvalue weighted by molar-refractivity contribution is 6.36. The number of amides is 4. The number of aromatic nitrogens is 1. The fourth-order valence-corrected chi connectivity index (χ4v) is 6.43. The van der Waals surface area contributed by atoms with E-state index in [1.54, 1.807) is 25.1 Å². The molecule has 47 heavy (non-hydrogen) atoms. The average molecular weight is 648 g/mol. The molecule has 0 bridgehead atoms. The molecular formula is C35H45N5O7. The lowest BCUT2D eigenvalue weighted by Crippen LogP contribution is -2.45. The van der Waals surface area contributed by atoms with E-state index in [2.05, 4.69) is 42.0 Å². The van der Waals surface area contributed by atoms with Crippen molar-refractivity contribution in [1.82, 2.24) is 20.5 Å². The fourth-order valence-electron chi connectivity index (χ4n) is 6.43. The van der Waals surface area contributed by atoms with E-state index in [9.17, 15) is 28.8 Å². The zero-order valence-electron chi connectivity index (χ0n) is 27.7. The standard InChI is InChI=1S/C35H45N5O7/c1-6-7-11-22-18-23(19-35(22,3)4)37-29(42)20-40-17-10-13-26(34(40)46)39-31(43)25(15-16-27(41)32(44)36-5)38-33(45)30-21(2)24-12-8-9-14-28(24)47-30/h8-10,12-14,17,22-23,25H,6-7,11,15-16,18-20H2,1-5H3,(H,36,44)(H,37,42)(H,38,45)(H,39,43)/t22?,23?,25-/m0/s1. The molecule has 2 unspecified atom stereocenters. The van der Waals surface area contributed by atoms with Gasteiger partial charge in [0.1, 0.15) is 23.9 Å². The van der Waals surface area contributed by atoms with Crippen LogP contribution in [0, 0.1) is 18.3 Å². The molecule has 2 aromatic heterocycles. The Hall–Kier alpha value is -4.74. The number of carbonyl (C=O) groups excluding carboxylic acids is 5. The van der Waals surface area contributed by atoms with Gasteiger partial charge in [-0.3, -0.25) is 28.8 Å². The van der Waals surface area contributed by atoms with Crippen LogP contribution >= 0.6 is 0 Å². The number of rotatable bonds is 14. The quantitative estimate of drug-likeness (QED) is 0.193. The number of benzene rings is 1. The summed E-state index contributed by atoms with van der Waals surface area (Å²) in [6.07, 6.45) is 6.06. The van der Waals surface area contributed by atoms with E-state index in [-0.39, 0.29) is 48.2 Å². The number of nitrogens with one attached hydrogen (secondary N) is 4. The maximum atomic E-state index is 13.5. The van der Waals surface area contributed by atoms with Gasteiger partial charge in [-0.1, -0.05) is 51.8 Å². The number of ketones is 1. The molecule has 1 aromatic carbocycles. The lowest BCUT2D eigenvalue weighted by molar-refractivity contribution is -0.137. The Balaban J connectivity index is 1.46. The number of furan rings is 1. The van der Waals surface area contributed by atoms with Gasteiger partial charge in [0.15, 0.2) is 5.76 Å². The van der Waals surface area contributed by atoms with Gasteiger partial charge in [0.25, 0.3) is 17.4 Å². The second-order valence-electron chi connectivity index (χ2n) is 13.0. The van der Waals surface area contributed by atoms with Crippen LogP contribution in [0.2, 0.25) is 0 Å². The number of hydrogen-bond acceptors (Lipinski definition) is 7. The predicted octanol–water partition coefficient (Wildman–Crippen LogP) is 3.85. The molecule has 3 atom stereocenters. The molecule has 2 heterocycles. The molecule has 0 radical (unpaired) electrons. The molecule has 4 amide bonds. The molecule has 12 nitrogen and oxygen atoms in total. The molecule has 1 fully saturated rings. The molecule has 1 saturated carbocycles. The van der Waals surface area contributed by atoms with Gasteiger partial charge in [-0.05, 0) is 62.1 Å². The first-order valence-electron chi connectivity index (χ1n) is 16.2. The second kappa shape index (κ2) is 15.2. The van der Waals surface area contributed by atoms with Crippen molar-refractivity contribution in [2.75, 3.05) is 12.4 Å². The van der Waals surface area contributed by atoms with Crippen molar-refractivity contribution in [3.05, 3.63) is 64.3 Å². The topological polar surface area (TPSA) is 169 Å². The van der Waals surface area contributed by atoms with Crippen molar-refractivity contribution in [3.8, 4) is 0 Å². The predicted molar refractivity (Wildman–Crippen MR) is 178 cm³/mol. The highest BCUT2D eigenvalue weighted by atomic mass is 16.3. The summed E-state index contributed by atoms with van der Waals surface area (Å²) >= 11 is 0. The zero-order chi connectivity index (χ0) is 34.3. The van der Waals surface area contributed by atoms with E-state index in [1.807, 2.05) is 6.07 Å². The molecule has 252 valence electrons. The molecule has 0 saturated heterocycles. The summed E-state index contributed by atoms with van der Waals surface area (Å²) in [6.45, 7) is 8.12. The van der Waals surface area contributed by atoms with Gasteiger partial charge in [-0.2, -0.15) is 0 Å². The summed E-state index contributed by atoms with van der Waals surface area (Å²) < 4.78 is 6.94. The van der Waals surface area contributed by atoms with Crippen molar-refractivity contribution < 1.29 is 28.4 Å². The number of pyridine rings is 1. The molecule has 4 rings (SSSR count). The highest BCUT2D eigenvalue weighted by Gasteiger charge is 2.40. The van der Waals surface area contributed by atoms with E-state index in [4.69, 9.17) is 4.42 Å². The van der Waals surface area contributed by atoms with Crippen LogP contribution in [0.15, 0.2) is 51.8 Å². The van der Waals surface area contributed by atoms with Crippen molar-refractivity contribution in [3.63, 3.8) is 0 Å². The first kappa shape index (κ1) is 35.1. The van der Waals surface area contributed by atoms with Crippen molar-refractivity contribution in [2.24, 2.45) is 11.3 Å². The first-order valence-corrected chi connectivity index (χ1v) is 16.2. The van der Waals surface area contributed by atoms with Crippen molar-refractivity contribution >= 4 is 46.1 Å². The number of fused-ring (bicyclic) bond motifs is 1. The van der Waals surface area contributed by atoms with Gasteiger partial charge in [-0.15, -0.1) is 0 Å². The summed E-state index contributed by atoms with van der Waals surface area (Å²) in [5, 5.41) is 11.2. The third-order valence-electron chi connectivity index (χ3n) is 9.12. The monoisotopic (exact) mass is 647 g/mol. The van der Waals surface area contributed by atoms with Crippen LogP contribution in [-0.2, 0) is 25.7 Å². The lowest BCUT2D eigenvalue weighted by atomic mass is 9.79. The third-order valence-corrected chi connectivity index (χ3v) is 9.12. The van der Waals surface area contributed by atoms with Gasteiger partial charge in [0.2, 0.25) is 17.6 Å². The van der Waals surface area contributed by atoms with E-state index in [0.717, 1.165) is 37.5 Å². The first-order chi connectivity index (χ1) is 22.3. The Labute approximate surface area is 274 Å². The maximum absolute atomic E-state index is 13.5. The molecule has 1 aliphatic rings. The summed E-state index contributed by atoms with van der Waals surface area (Å²) in [5.74, 6) is -2.85. The largest absolute Gasteiger partial charge is 0.451 e. The number of likely N-dealkylation sites (N-methyl/N-ethyl adjacent to an activating group) is 1. The van der Waals surface area contributed by atoms with E-state index >= 15 is 0 Å². The smallest absolute Gasteiger partial charge is 0.287 e. The molecule has 4 N–H and O–H groups in total. The van der Waals surface area contributed by atoms with Gasteiger partial charge in [0.05, 0.1) is 0 Å². The number of para-hydroxylation sites is 1. The minimum atomic E-state index is -1.30. The van der Waals surface area contributed by atoms with Gasteiger partial charge in [-0.25, -0.2) is 0 Å². The minimum Gasteiger partial charge on any atom is -0.451 e. The SMILES string of the molecule is CCCCC1CC(NC(=O)Cn2cccc(NC(=O)[C@H](CCC(=O)C(=O)NC)NC(=O)c3oc4ccccc4c3C)c2=O)CC1(C)C. The van der Waals surface area contributed by atoms with Crippen LogP contribution in [0.25, 0.3) is 11.0 Å². The molecule has 0 spiro atoms. The molecule has 0 aliphatic heterocycles. The second-order valence-corrected chi connectivity index (χ2v) is 13.0. The molecule has 3 aromatic rings. The third kappa shape index (κ3) is 8.55. The van der Waals surface area contributed by atoms with Crippen LogP contribution in [0.3, 0.4) is 0 Å². The number of anilines is 1. The Bertz CT molecular complexity index is 1710. The Kier molecular flexibility index (Phi) is 11.4. The molecule has 1 aliphatic carbocycles. The minimum absolute atomic E-state index is 0.00274. The number of nitrogens with zero attached hydrogens (tertiary/aromatic N) is 1. The van der Waals surface area contributed by atoms with Crippen LogP contribution in [-0.4, -0.2) is 53.1 Å². The summed E-state index contributed by atoms with van der Waals surface area (Å²) in [7, 11) is 1.32. The normalized spacial score (nSPS) is 17.6. The Morgan fingerprint density at radius 3 is 2.53 bits per heavy atom. The molecule has 12 heteroatoms. The average Bonchev–Trinajstić information content (AvgIpc) is 3.53. The summed E-state index contributed by atoms with van der Waals surface area (Å²) in [6, 6.07) is 8.74.